The number of hydrogen-bond acceptors (Lipinski definition) is 4. The normalized spacial score (nSPS) is 10.9. The summed E-state index contributed by atoms with van der Waals surface area (Å²) in [7, 11) is 0. The average Bonchev–Trinajstić information content (AvgIpc) is 2.99. The van der Waals surface area contributed by atoms with Crippen LogP contribution in [0.2, 0.25) is 0 Å². The zero-order valence-corrected chi connectivity index (χ0v) is 12.8. The Hall–Kier alpha value is -2.07. The maximum Gasteiger partial charge on any atom is 0.152 e. The lowest BCUT2D eigenvalue weighted by Crippen LogP contribution is -1.93. The van der Waals surface area contributed by atoms with Crippen molar-refractivity contribution < 1.29 is 4.74 Å². The third kappa shape index (κ3) is 3.00. The fourth-order valence-corrected chi connectivity index (χ4v) is 2.95. The Labute approximate surface area is 128 Å². The Balaban J connectivity index is 1.79. The number of anilines is 1. The molecule has 2 N–H and O–H groups in total. The third-order valence-electron chi connectivity index (χ3n) is 3.47. The van der Waals surface area contributed by atoms with Gasteiger partial charge in [-0.3, -0.25) is 0 Å². The summed E-state index contributed by atoms with van der Waals surface area (Å²) < 4.78 is 6.96. The lowest BCUT2D eigenvalue weighted by molar-refractivity contribution is 0.485. The van der Waals surface area contributed by atoms with Gasteiger partial charge >= 0.3 is 0 Å². The lowest BCUT2D eigenvalue weighted by atomic mass is 10.1. The summed E-state index contributed by atoms with van der Waals surface area (Å²) in [5.41, 5.74) is 10.7. The molecule has 0 amide bonds. The highest BCUT2D eigenvalue weighted by Crippen LogP contribution is 2.34. The van der Waals surface area contributed by atoms with E-state index in [4.69, 9.17) is 10.5 Å². The van der Waals surface area contributed by atoms with Crippen molar-refractivity contribution in [3.63, 3.8) is 0 Å². The second-order valence-corrected chi connectivity index (χ2v) is 5.91. The van der Waals surface area contributed by atoms with Crippen LogP contribution >= 0.6 is 11.3 Å². The molecule has 4 heteroatoms. The van der Waals surface area contributed by atoms with Gasteiger partial charge in [0.15, 0.2) is 5.75 Å². The van der Waals surface area contributed by atoms with Crippen LogP contribution in [0.4, 0.5) is 5.69 Å². The molecule has 1 aromatic heterocycles. The summed E-state index contributed by atoms with van der Waals surface area (Å²) in [5, 5.41) is 0. The number of rotatable bonds is 5. The van der Waals surface area contributed by atoms with E-state index in [9.17, 15) is 0 Å². The zero-order chi connectivity index (χ0) is 14.7. The largest absolute Gasteiger partial charge is 0.455 e. The summed E-state index contributed by atoms with van der Waals surface area (Å²) in [6.45, 7) is 2.20. The molecule has 0 aliphatic heterocycles. The monoisotopic (exact) mass is 298 g/mol. The number of fused-ring (bicyclic) bond motifs is 1. The maximum absolute atomic E-state index is 6.13. The fourth-order valence-electron chi connectivity index (χ4n) is 2.25. The number of thiazole rings is 1. The molecule has 1 heterocycles. The van der Waals surface area contributed by atoms with Crippen molar-refractivity contribution in [2.24, 2.45) is 0 Å². The minimum atomic E-state index is 0.601. The van der Waals surface area contributed by atoms with E-state index >= 15 is 0 Å². The van der Waals surface area contributed by atoms with E-state index in [-0.39, 0.29) is 0 Å². The Morgan fingerprint density at radius 1 is 1.14 bits per heavy atom. The molecular formula is C17H18N2OS. The van der Waals surface area contributed by atoms with Gasteiger partial charge in [-0.15, -0.1) is 11.3 Å². The van der Waals surface area contributed by atoms with Crippen LogP contribution in [0, 0.1) is 0 Å². The van der Waals surface area contributed by atoms with Crippen molar-refractivity contribution in [1.82, 2.24) is 4.98 Å². The van der Waals surface area contributed by atoms with E-state index in [0.29, 0.717) is 11.4 Å². The van der Waals surface area contributed by atoms with Crippen molar-refractivity contribution in [2.45, 2.75) is 26.2 Å². The molecule has 2 aromatic carbocycles. The number of nitrogens with two attached hydrogens (primary N) is 1. The highest BCUT2D eigenvalue weighted by atomic mass is 32.1. The zero-order valence-electron chi connectivity index (χ0n) is 12.0. The van der Waals surface area contributed by atoms with Crippen molar-refractivity contribution in [3.8, 4) is 11.5 Å². The second kappa shape index (κ2) is 6.14. The van der Waals surface area contributed by atoms with Crippen LogP contribution in [0.1, 0.15) is 25.3 Å². The predicted octanol–water partition coefficient (Wildman–Crippen LogP) is 5.01. The molecule has 21 heavy (non-hydrogen) atoms. The summed E-state index contributed by atoms with van der Waals surface area (Å²) in [6, 6.07) is 12.1. The van der Waals surface area contributed by atoms with Crippen LogP contribution in [-0.4, -0.2) is 4.98 Å². The first-order valence-electron chi connectivity index (χ1n) is 7.16. The smallest absolute Gasteiger partial charge is 0.152 e. The molecule has 0 bridgehead atoms. The third-order valence-corrected chi connectivity index (χ3v) is 4.27. The van der Waals surface area contributed by atoms with Crippen LogP contribution < -0.4 is 10.5 Å². The van der Waals surface area contributed by atoms with Crippen LogP contribution in [0.25, 0.3) is 10.2 Å². The predicted molar refractivity (Wildman–Crippen MR) is 89.2 cm³/mol. The van der Waals surface area contributed by atoms with Gasteiger partial charge in [0.1, 0.15) is 17.0 Å². The van der Waals surface area contributed by atoms with E-state index in [2.05, 4.69) is 24.0 Å². The molecule has 0 radical (unpaired) electrons. The maximum atomic E-state index is 6.13. The molecule has 3 nitrogen and oxygen atoms in total. The number of nitrogens with zero attached hydrogens (tertiary/aromatic N) is 1. The molecule has 3 aromatic rings. The van der Waals surface area contributed by atoms with Gasteiger partial charge in [-0.2, -0.15) is 0 Å². The molecule has 108 valence electrons. The topological polar surface area (TPSA) is 48.1 Å². The number of nitrogen functional groups attached to an aromatic ring is 1. The van der Waals surface area contributed by atoms with E-state index in [0.717, 1.165) is 22.4 Å². The first-order chi connectivity index (χ1) is 10.3. The summed E-state index contributed by atoms with van der Waals surface area (Å²) in [4.78, 5) is 4.28. The second-order valence-electron chi connectivity index (χ2n) is 5.03. The molecule has 0 aliphatic carbocycles. The quantitative estimate of drug-likeness (QED) is 0.673. The van der Waals surface area contributed by atoms with Crippen LogP contribution in [0.3, 0.4) is 0 Å². The Kier molecular flexibility index (Phi) is 4.06. The molecule has 0 saturated heterocycles. The lowest BCUT2D eigenvalue weighted by Gasteiger charge is -2.09. The van der Waals surface area contributed by atoms with E-state index < -0.39 is 0 Å². The molecule has 0 atom stereocenters. The molecule has 0 saturated carbocycles. The number of unbranched alkanes of at least 4 members (excludes halogenated alkanes) is 1. The number of ether oxygens (including phenoxy) is 1. The van der Waals surface area contributed by atoms with Crippen molar-refractivity contribution in [1.29, 1.82) is 0 Å². The van der Waals surface area contributed by atoms with Gasteiger partial charge in [0.2, 0.25) is 0 Å². The Morgan fingerprint density at radius 3 is 2.71 bits per heavy atom. The van der Waals surface area contributed by atoms with Crippen LogP contribution in [0.15, 0.2) is 41.9 Å². The van der Waals surface area contributed by atoms with Gasteiger partial charge in [0.05, 0.1) is 10.2 Å². The number of aromatic nitrogens is 1. The van der Waals surface area contributed by atoms with Gasteiger partial charge in [-0.1, -0.05) is 25.5 Å². The van der Waals surface area contributed by atoms with Gasteiger partial charge in [0, 0.05) is 0 Å². The molecule has 3 rings (SSSR count). The van der Waals surface area contributed by atoms with Crippen molar-refractivity contribution in [3.05, 3.63) is 47.5 Å². The Morgan fingerprint density at radius 2 is 1.95 bits per heavy atom. The van der Waals surface area contributed by atoms with E-state index in [1.165, 1.54) is 18.4 Å². The number of hydrogen-bond donors (Lipinski definition) is 1. The average molecular weight is 298 g/mol. The molecule has 0 unspecified atom stereocenters. The van der Waals surface area contributed by atoms with Crippen molar-refractivity contribution in [2.75, 3.05) is 5.73 Å². The highest BCUT2D eigenvalue weighted by Gasteiger charge is 2.08. The van der Waals surface area contributed by atoms with Gasteiger partial charge in [-0.25, -0.2) is 4.98 Å². The molecular weight excluding hydrogens is 280 g/mol. The first kappa shape index (κ1) is 13.9. The Bertz CT molecular complexity index is 734. The van der Waals surface area contributed by atoms with E-state index in [1.54, 1.807) is 16.8 Å². The summed E-state index contributed by atoms with van der Waals surface area (Å²) in [5.74, 6) is 1.46. The first-order valence-corrected chi connectivity index (χ1v) is 8.04. The minimum Gasteiger partial charge on any atom is -0.455 e. The van der Waals surface area contributed by atoms with Crippen LogP contribution in [0.5, 0.6) is 11.5 Å². The summed E-state index contributed by atoms with van der Waals surface area (Å²) >= 11 is 1.58. The minimum absolute atomic E-state index is 0.601. The van der Waals surface area contributed by atoms with E-state index in [1.807, 2.05) is 24.3 Å². The van der Waals surface area contributed by atoms with Gasteiger partial charge < -0.3 is 10.5 Å². The molecule has 0 spiro atoms. The molecule has 0 aliphatic rings. The number of aryl methyl sites for hydroxylation is 1. The van der Waals surface area contributed by atoms with Crippen LogP contribution in [-0.2, 0) is 6.42 Å². The number of benzene rings is 2. The molecule has 0 fully saturated rings. The van der Waals surface area contributed by atoms with Gasteiger partial charge in [0.25, 0.3) is 0 Å². The SMILES string of the molecule is CCCCc1ccc(Oc2ccc3scnc3c2N)cc1. The highest BCUT2D eigenvalue weighted by molar-refractivity contribution is 7.16. The standard InChI is InChI=1S/C17H18N2OS/c1-2-3-4-12-5-7-13(8-6-12)20-14-9-10-15-17(16(14)18)19-11-21-15/h5-11H,2-4,18H2,1H3. The summed E-state index contributed by atoms with van der Waals surface area (Å²) in [6.07, 6.45) is 3.54. The fraction of sp³-hybridized carbons (Fsp3) is 0.235. The van der Waals surface area contributed by atoms with Crippen molar-refractivity contribution >= 4 is 27.2 Å². The van der Waals surface area contributed by atoms with Gasteiger partial charge in [-0.05, 0) is 42.7 Å².